The Morgan fingerprint density at radius 2 is 1.86 bits per heavy atom. The summed E-state index contributed by atoms with van der Waals surface area (Å²) >= 11 is 0. The second-order valence-electron chi connectivity index (χ2n) is 4.25. The Kier molecular flexibility index (Phi) is 3.93. The molecule has 14 heavy (non-hydrogen) atoms. The van der Waals surface area contributed by atoms with Crippen LogP contribution < -0.4 is 0 Å². The van der Waals surface area contributed by atoms with Gasteiger partial charge in [-0.15, -0.1) is 0 Å². The molecule has 82 valence electrons. The van der Waals surface area contributed by atoms with Gasteiger partial charge in [-0.25, -0.2) is 0 Å². The van der Waals surface area contributed by atoms with E-state index in [2.05, 4.69) is 13.8 Å². The maximum atomic E-state index is 12.0. The van der Waals surface area contributed by atoms with E-state index in [1.165, 1.54) is 6.42 Å². The van der Waals surface area contributed by atoms with Crippen molar-refractivity contribution < 1.29 is 9.53 Å². The Morgan fingerprint density at radius 1 is 1.36 bits per heavy atom. The second-order valence-corrected chi connectivity index (χ2v) is 4.25. The van der Waals surface area contributed by atoms with Gasteiger partial charge in [-0.05, 0) is 40.0 Å². The van der Waals surface area contributed by atoms with Crippen LogP contribution in [0.25, 0.3) is 0 Å². The summed E-state index contributed by atoms with van der Waals surface area (Å²) in [5.74, 6) is 0.132. The fraction of sp³-hybridized carbons (Fsp3) is 0.909. The molecular weight excluding hydrogens is 178 g/mol. The van der Waals surface area contributed by atoms with Crippen molar-refractivity contribution in [2.75, 3.05) is 7.11 Å². The zero-order valence-electron chi connectivity index (χ0n) is 9.62. The average Bonchev–Trinajstić information content (AvgIpc) is 2.16. The molecule has 3 atom stereocenters. The molecule has 1 aliphatic rings. The number of ether oxygens (including phenoxy) is 1. The molecule has 1 heterocycles. The number of likely N-dealkylation sites (tertiary alicyclic amines) is 1. The molecule has 0 aromatic carbocycles. The van der Waals surface area contributed by atoms with Crippen molar-refractivity contribution in [3.05, 3.63) is 0 Å². The third-order valence-electron chi connectivity index (χ3n) is 3.15. The van der Waals surface area contributed by atoms with Crippen molar-refractivity contribution in [1.82, 2.24) is 4.90 Å². The first-order valence-corrected chi connectivity index (χ1v) is 5.43. The molecule has 0 spiro atoms. The van der Waals surface area contributed by atoms with E-state index in [-0.39, 0.29) is 12.0 Å². The monoisotopic (exact) mass is 199 g/mol. The van der Waals surface area contributed by atoms with Gasteiger partial charge in [0.15, 0.2) is 0 Å². The summed E-state index contributed by atoms with van der Waals surface area (Å²) < 4.78 is 5.07. The minimum atomic E-state index is -0.307. The van der Waals surface area contributed by atoms with E-state index in [0.29, 0.717) is 12.1 Å². The highest BCUT2D eigenvalue weighted by atomic mass is 16.5. The van der Waals surface area contributed by atoms with Crippen molar-refractivity contribution in [2.45, 2.75) is 58.2 Å². The molecule has 0 aromatic heterocycles. The summed E-state index contributed by atoms with van der Waals surface area (Å²) in [5.41, 5.74) is 0. The topological polar surface area (TPSA) is 29.5 Å². The van der Waals surface area contributed by atoms with Crippen LogP contribution in [0.3, 0.4) is 0 Å². The van der Waals surface area contributed by atoms with Gasteiger partial charge < -0.3 is 9.64 Å². The maximum absolute atomic E-state index is 12.0. The summed E-state index contributed by atoms with van der Waals surface area (Å²) in [6.45, 7) is 6.06. The van der Waals surface area contributed by atoms with Crippen molar-refractivity contribution in [3.63, 3.8) is 0 Å². The highest BCUT2D eigenvalue weighted by Crippen LogP contribution is 2.23. The highest BCUT2D eigenvalue weighted by molar-refractivity contribution is 5.81. The number of rotatable bonds is 2. The van der Waals surface area contributed by atoms with Crippen molar-refractivity contribution in [2.24, 2.45) is 0 Å². The van der Waals surface area contributed by atoms with E-state index in [1.807, 2.05) is 11.8 Å². The number of carbonyl (C=O) groups excluding carboxylic acids is 1. The number of methoxy groups -OCH3 is 1. The first-order valence-electron chi connectivity index (χ1n) is 5.43. The molecule has 1 saturated heterocycles. The highest BCUT2D eigenvalue weighted by Gasteiger charge is 2.31. The number of nitrogens with zero attached hydrogens (tertiary/aromatic N) is 1. The molecule has 1 fully saturated rings. The third-order valence-corrected chi connectivity index (χ3v) is 3.15. The molecule has 0 bridgehead atoms. The van der Waals surface area contributed by atoms with Gasteiger partial charge in [0.2, 0.25) is 0 Å². The molecule has 0 aromatic rings. The first kappa shape index (κ1) is 11.5. The van der Waals surface area contributed by atoms with Crippen LogP contribution in [0.4, 0.5) is 0 Å². The lowest BCUT2D eigenvalue weighted by molar-refractivity contribution is -0.147. The van der Waals surface area contributed by atoms with E-state index in [4.69, 9.17) is 4.74 Å². The summed E-state index contributed by atoms with van der Waals surface area (Å²) in [5, 5.41) is 0. The lowest BCUT2D eigenvalue weighted by Gasteiger charge is -2.40. The fourth-order valence-corrected chi connectivity index (χ4v) is 2.17. The summed E-state index contributed by atoms with van der Waals surface area (Å²) in [4.78, 5) is 13.9. The van der Waals surface area contributed by atoms with Gasteiger partial charge in [-0.3, -0.25) is 4.79 Å². The molecule has 1 unspecified atom stereocenters. The van der Waals surface area contributed by atoms with Crippen LogP contribution in [-0.2, 0) is 9.53 Å². The number of carbonyl (C=O) groups is 1. The number of amides is 1. The quantitative estimate of drug-likeness (QED) is 0.679. The van der Waals surface area contributed by atoms with Gasteiger partial charge >= 0.3 is 0 Å². The van der Waals surface area contributed by atoms with Crippen LogP contribution in [0, 0.1) is 0 Å². The van der Waals surface area contributed by atoms with Crippen LogP contribution in [0.15, 0.2) is 0 Å². The minimum absolute atomic E-state index is 0.132. The summed E-state index contributed by atoms with van der Waals surface area (Å²) in [6.07, 6.45) is 3.16. The Morgan fingerprint density at radius 3 is 2.29 bits per heavy atom. The van der Waals surface area contributed by atoms with Crippen LogP contribution in [0.5, 0.6) is 0 Å². The van der Waals surface area contributed by atoms with Gasteiger partial charge in [-0.1, -0.05) is 0 Å². The van der Waals surface area contributed by atoms with Gasteiger partial charge in [0, 0.05) is 19.2 Å². The molecule has 0 saturated carbocycles. The smallest absolute Gasteiger partial charge is 0.251 e. The molecule has 0 aliphatic carbocycles. The molecule has 0 radical (unpaired) electrons. The van der Waals surface area contributed by atoms with Crippen LogP contribution in [0.2, 0.25) is 0 Å². The molecule has 3 nitrogen and oxygen atoms in total. The van der Waals surface area contributed by atoms with Gasteiger partial charge in [-0.2, -0.15) is 0 Å². The molecule has 1 aliphatic heterocycles. The van der Waals surface area contributed by atoms with Gasteiger partial charge in [0.25, 0.3) is 5.91 Å². The maximum Gasteiger partial charge on any atom is 0.251 e. The Hall–Kier alpha value is -0.570. The largest absolute Gasteiger partial charge is 0.372 e. The van der Waals surface area contributed by atoms with Gasteiger partial charge in [0.05, 0.1) is 0 Å². The van der Waals surface area contributed by atoms with E-state index in [1.54, 1.807) is 7.11 Å². The lowest BCUT2D eigenvalue weighted by Crippen LogP contribution is -2.51. The van der Waals surface area contributed by atoms with E-state index in [0.717, 1.165) is 12.8 Å². The second kappa shape index (κ2) is 4.78. The zero-order chi connectivity index (χ0) is 10.7. The third kappa shape index (κ3) is 2.27. The molecular formula is C11H21NO2. The van der Waals surface area contributed by atoms with Crippen LogP contribution in [0.1, 0.15) is 40.0 Å². The standard InChI is InChI=1S/C11H21NO2/c1-8-6-5-7-9(2)12(8)11(13)10(3)14-4/h8-10H,5-7H2,1-4H3/t8-,9+,10?. The molecule has 1 rings (SSSR count). The molecule has 0 N–H and O–H groups in total. The number of hydrogen-bond acceptors (Lipinski definition) is 2. The zero-order valence-corrected chi connectivity index (χ0v) is 9.62. The minimum Gasteiger partial charge on any atom is -0.372 e. The molecule has 1 amide bonds. The van der Waals surface area contributed by atoms with E-state index in [9.17, 15) is 4.79 Å². The summed E-state index contributed by atoms with van der Waals surface area (Å²) in [6, 6.07) is 0.729. The predicted molar refractivity (Wildman–Crippen MR) is 56.1 cm³/mol. The first-order chi connectivity index (χ1) is 6.57. The SMILES string of the molecule is COC(C)C(=O)N1[C@H](C)CCC[C@@H]1C. The summed E-state index contributed by atoms with van der Waals surface area (Å²) in [7, 11) is 1.59. The van der Waals surface area contributed by atoms with E-state index >= 15 is 0 Å². The normalized spacial score (nSPS) is 30.1. The predicted octanol–water partition coefficient (Wildman–Crippen LogP) is 1.81. The lowest BCUT2D eigenvalue weighted by atomic mass is 9.97. The number of hydrogen-bond donors (Lipinski definition) is 0. The Labute approximate surface area is 86.4 Å². The van der Waals surface area contributed by atoms with Crippen LogP contribution >= 0.6 is 0 Å². The average molecular weight is 199 g/mol. The molecule has 3 heteroatoms. The number of piperidine rings is 1. The van der Waals surface area contributed by atoms with Crippen LogP contribution in [-0.4, -0.2) is 36.1 Å². The Balaban J connectivity index is 2.67. The Bertz CT molecular complexity index is 195. The van der Waals surface area contributed by atoms with Crippen molar-refractivity contribution in [1.29, 1.82) is 0 Å². The van der Waals surface area contributed by atoms with E-state index < -0.39 is 0 Å². The van der Waals surface area contributed by atoms with Gasteiger partial charge in [0.1, 0.15) is 6.10 Å². The van der Waals surface area contributed by atoms with Crippen molar-refractivity contribution >= 4 is 5.91 Å². The van der Waals surface area contributed by atoms with Crippen molar-refractivity contribution in [3.8, 4) is 0 Å². The fourth-order valence-electron chi connectivity index (χ4n) is 2.17.